The number of fused-ring (bicyclic) bond motifs is 1. The number of nitrogens with one attached hydrogen (secondary N) is 2. The van der Waals surface area contributed by atoms with Crippen LogP contribution in [0.4, 0.5) is 5.82 Å². The number of aliphatic hydroxyl groups excluding tert-OH is 3. The number of rotatable bonds is 29. The van der Waals surface area contributed by atoms with Crippen molar-refractivity contribution in [2.24, 2.45) is 5.41 Å². The summed E-state index contributed by atoms with van der Waals surface area (Å²) in [6.45, 7) is 2.53. The molecule has 2 aromatic heterocycles. The number of imidazole rings is 1. The number of carbonyl (C=O) groups excluding carboxylic acids is 3. The summed E-state index contributed by atoms with van der Waals surface area (Å²) in [6.07, 6.45) is 3.20. The molecular weight excluding hydrogens is 919 g/mol. The molecule has 11 N–H and O–H groups in total. The van der Waals surface area contributed by atoms with Crippen LogP contribution in [0.3, 0.4) is 0 Å². The van der Waals surface area contributed by atoms with E-state index >= 15 is 0 Å². The number of nitrogens with two attached hydrogens (primary N) is 1. The van der Waals surface area contributed by atoms with Gasteiger partial charge in [0, 0.05) is 37.1 Å². The summed E-state index contributed by atoms with van der Waals surface area (Å²) in [7, 11) is -16.4. The zero-order valence-corrected chi connectivity index (χ0v) is 38.4. The third-order valence-electron chi connectivity index (χ3n) is 9.22. The molecule has 0 aromatic carbocycles. The van der Waals surface area contributed by atoms with Crippen molar-refractivity contribution in [2.75, 3.05) is 37.8 Å². The third kappa shape index (κ3) is 18.9. The molecule has 3 rings (SSSR count). The minimum Gasteiger partial charge on any atom is -0.393 e. The van der Waals surface area contributed by atoms with E-state index in [1.165, 1.54) is 33.1 Å². The first-order valence-corrected chi connectivity index (χ1v) is 25.3. The van der Waals surface area contributed by atoms with Crippen molar-refractivity contribution in [3.8, 4) is 0 Å². The molecule has 1 aliphatic rings. The topological polar surface area (TPSA) is 384 Å². The maximum Gasteiger partial charge on any atom is 0.481 e. The predicted octanol–water partition coefficient (Wildman–Crippen LogP) is 1.72. The number of hydrogen-bond acceptors (Lipinski definition) is 19. The summed E-state index contributed by atoms with van der Waals surface area (Å²) in [4.78, 5) is 88.1. The van der Waals surface area contributed by atoms with E-state index in [9.17, 15) is 63.0 Å². The molecule has 0 bridgehead atoms. The number of ether oxygens (including phenoxy) is 1. The van der Waals surface area contributed by atoms with Crippen LogP contribution in [-0.2, 0) is 50.7 Å². The highest BCUT2D eigenvalue weighted by Gasteiger charge is 2.50. The highest BCUT2D eigenvalue weighted by Crippen LogP contribution is 2.61. The van der Waals surface area contributed by atoms with Crippen LogP contribution in [0.2, 0.25) is 0 Å². The molecule has 2 unspecified atom stereocenters. The van der Waals surface area contributed by atoms with Crippen molar-refractivity contribution in [3.05, 3.63) is 24.8 Å². The first-order chi connectivity index (χ1) is 29.4. The molecule has 3 heterocycles. The molecule has 1 aliphatic heterocycles. The van der Waals surface area contributed by atoms with Gasteiger partial charge in [-0.2, -0.15) is 4.31 Å². The first kappa shape index (κ1) is 54.6. The van der Waals surface area contributed by atoms with Gasteiger partial charge in [-0.25, -0.2) is 28.6 Å². The van der Waals surface area contributed by atoms with Gasteiger partial charge >= 0.3 is 23.5 Å². The number of allylic oxidation sites excluding steroid dienone is 2. The van der Waals surface area contributed by atoms with E-state index in [1.807, 2.05) is 6.08 Å². The van der Waals surface area contributed by atoms with Crippen molar-refractivity contribution < 1.29 is 85.6 Å². The van der Waals surface area contributed by atoms with E-state index in [0.29, 0.717) is 12.8 Å². The van der Waals surface area contributed by atoms with Gasteiger partial charge in [0.05, 0.1) is 25.6 Å². The largest absolute Gasteiger partial charge is 0.481 e. The molecule has 0 spiro atoms. The van der Waals surface area contributed by atoms with Crippen molar-refractivity contribution in [3.63, 3.8) is 0 Å². The number of anilines is 1. The Morgan fingerprint density at radius 2 is 1.70 bits per heavy atom. The number of amides is 2. The summed E-state index contributed by atoms with van der Waals surface area (Å²) < 4.78 is 62.3. The lowest BCUT2D eigenvalue weighted by Gasteiger charge is -2.30. The van der Waals surface area contributed by atoms with Crippen LogP contribution in [0.15, 0.2) is 24.8 Å². The number of hydrogen-bond donors (Lipinski definition) is 10. The Labute approximate surface area is 367 Å². The average molecular weight is 978 g/mol. The van der Waals surface area contributed by atoms with E-state index in [2.05, 4.69) is 47.4 Å². The minimum absolute atomic E-state index is 0.00909. The average Bonchev–Trinajstić information content (AvgIpc) is 3.75. The molecule has 0 saturated carbocycles. The van der Waals surface area contributed by atoms with E-state index in [1.54, 1.807) is 0 Å². The number of phosphoric acid groups is 3. The second kappa shape index (κ2) is 25.2. The van der Waals surface area contributed by atoms with Gasteiger partial charge in [-0.1, -0.05) is 63.9 Å². The molecule has 358 valence electrons. The predicted molar refractivity (Wildman–Crippen MR) is 225 cm³/mol. The fourth-order valence-electron chi connectivity index (χ4n) is 5.86. The quantitative estimate of drug-likeness (QED) is 0.0315. The maximum atomic E-state index is 12.7. The summed E-state index contributed by atoms with van der Waals surface area (Å²) >= 11 is 0.975. The fourth-order valence-corrected chi connectivity index (χ4v) is 9.43. The Balaban J connectivity index is 1.38. The standard InChI is InChI=1S/C34H58N7O18P3S/c1-4-5-6-7-8-9-10-11-12-22(42)17-25(44)63-16-15-36-24(43)13-14-37-32(47)29(46)34(2,3)19-56-62(53,54)59-61(51,52)55-18-23-28(58-60(48,49)50)27(45)33(57-23)41-21-40-26-30(35)38-20-39-31(26)41/h9-10,20-23,27-29,33,42,45-46H,4-8,11-19H2,1-3H3,(H,36,43)(H,37,47)(H,51,52)(H,53,54)(H2,35,38,39)(H2,48,49,50)/b10-9-/t22-,23-,27-,28-,29+,33-/m1/s1. The fraction of sp³-hybridized carbons (Fsp3) is 0.706. The molecule has 8 atom stereocenters. The van der Waals surface area contributed by atoms with Gasteiger partial charge in [-0.05, 0) is 25.7 Å². The molecule has 25 nitrogen and oxygen atoms in total. The number of nitrogen functional groups attached to an aromatic ring is 1. The van der Waals surface area contributed by atoms with E-state index in [-0.39, 0.29) is 53.8 Å². The molecule has 29 heteroatoms. The van der Waals surface area contributed by atoms with Crippen LogP contribution in [0.5, 0.6) is 0 Å². The molecule has 0 radical (unpaired) electrons. The van der Waals surface area contributed by atoms with E-state index < -0.39 is 90.7 Å². The highest BCUT2D eigenvalue weighted by molar-refractivity contribution is 8.13. The Kier molecular flexibility index (Phi) is 21.9. The summed E-state index contributed by atoms with van der Waals surface area (Å²) in [5.74, 6) is -1.25. The Hall–Kier alpha value is -2.74. The van der Waals surface area contributed by atoms with E-state index in [0.717, 1.165) is 41.8 Å². The van der Waals surface area contributed by atoms with Gasteiger partial charge in [0.25, 0.3) is 0 Å². The molecule has 63 heavy (non-hydrogen) atoms. The van der Waals surface area contributed by atoms with Crippen molar-refractivity contribution in [1.82, 2.24) is 30.2 Å². The zero-order valence-electron chi connectivity index (χ0n) is 34.9. The zero-order chi connectivity index (χ0) is 47.0. The van der Waals surface area contributed by atoms with Crippen molar-refractivity contribution in [2.45, 2.75) is 115 Å². The van der Waals surface area contributed by atoms with Crippen molar-refractivity contribution >= 4 is 69.1 Å². The van der Waals surface area contributed by atoms with Crippen LogP contribution in [0, 0.1) is 5.41 Å². The van der Waals surface area contributed by atoms with Crippen LogP contribution in [0.1, 0.15) is 84.8 Å². The van der Waals surface area contributed by atoms with Gasteiger partial charge in [0.1, 0.15) is 36.3 Å². The normalized spacial score (nSPS) is 21.2. The smallest absolute Gasteiger partial charge is 0.393 e. The van der Waals surface area contributed by atoms with Gasteiger partial charge in [-0.15, -0.1) is 0 Å². The van der Waals surface area contributed by atoms with E-state index in [4.69, 9.17) is 19.5 Å². The lowest BCUT2D eigenvalue weighted by Crippen LogP contribution is -2.46. The number of aliphatic hydroxyl groups is 3. The SMILES string of the molecule is CCCCCC/C=C\CC[C@@H](O)CC(=O)SCCNC(=O)CCNC(=O)[C@H](O)C(C)(C)COP(=O)(O)OP(=O)(O)OC[C@H]1O[C@@H](n2cnc3c(N)ncnc32)[C@H](O)[C@@H]1OP(=O)(O)O. The molecule has 2 amide bonds. The second-order valence-corrected chi connectivity index (χ2v) is 20.4. The van der Waals surface area contributed by atoms with Gasteiger partial charge in [0.15, 0.2) is 22.8 Å². The molecule has 2 aromatic rings. The number of thioether (sulfide) groups is 1. The minimum atomic E-state index is -5.58. The Morgan fingerprint density at radius 1 is 1.00 bits per heavy atom. The van der Waals surface area contributed by atoms with Gasteiger partial charge in [-0.3, -0.25) is 32.5 Å². The van der Waals surface area contributed by atoms with Gasteiger partial charge in [0.2, 0.25) is 11.8 Å². The van der Waals surface area contributed by atoms with Crippen LogP contribution < -0.4 is 16.4 Å². The number of unbranched alkanes of at least 4 members (excludes halogenated alkanes) is 4. The summed E-state index contributed by atoms with van der Waals surface area (Å²) in [6, 6.07) is 0. The van der Waals surface area contributed by atoms with Crippen LogP contribution >= 0.6 is 35.2 Å². The lowest BCUT2D eigenvalue weighted by molar-refractivity contribution is -0.137. The highest BCUT2D eigenvalue weighted by atomic mass is 32.2. The van der Waals surface area contributed by atoms with Crippen LogP contribution in [0.25, 0.3) is 11.2 Å². The lowest BCUT2D eigenvalue weighted by atomic mass is 9.87. The summed E-state index contributed by atoms with van der Waals surface area (Å²) in [5.41, 5.74) is 4.24. The molecule has 1 saturated heterocycles. The number of nitrogens with zero attached hydrogens (tertiary/aromatic N) is 4. The molecule has 0 aliphatic carbocycles. The number of phosphoric ester groups is 3. The van der Waals surface area contributed by atoms with Crippen molar-refractivity contribution in [1.29, 1.82) is 0 Å². The number of carbonyl (C=O) groups is 3. The maximum absolute atomic E-state index is 12.7. The second-order valence-electron chi connectivity index (χ2n) is 15.0. The summed E-state index contributed by atoms with van der Waals surface area (Å²) in [5, 5.41) is 36.4. The first-order valence-electron chi connectivity index (χ1n) is 19.8. The Bertz CT molecular complexity index is 1990. The monoisotopic (exact) mass is 977 g/mol. The number of aromatic nitrogens is 4. The molecular formula is C34H58N7O18P3S. The van der Waals surface area contributed by atoms with Crippen LogP contribution in [-0.4, -0.2) is 134 Å². The Morgan fingerprint density at radius 3 is 2.40 bits per heavy atom. The molecule has 1 fully saturated rings. The van der Waals surface area contributed by atoms with Gasteiger partial charge < -0.3 is 56.0 Å². The third-order valence-corrected chi connectivity index (χ3v) is 13.2.